The first-order valence-electron chi connectivity index (χ1n) is 6.75. The Morgan fingerprint density at radius 2 is 1.88 bits per heavy atom. The van der Waals surface area contributed by atoms with Gasteiger partial charge in [0.15, 0.2) is 0 Å². The van der Waals surface area contributed by atoms with Crippen molar-refractivity contribution in [2.45, 2.75) is 17.5 Å². The molecule has 0 aliphatic carbocycles. The molecule has 0 saturated carbocycles. The topological polar surface area (TPSA) is 87.3 Å². The van der Waals surface area contributed by atoms with Gasteiger partial charge in [-0.1, -0.05) is 6.07 Å². The summed E-state index contributed by atoms with van der Waals surface area (Å²) in [6, 6.07) is 4.84. The van der Waals surface area contributed by atoms with Crippen molar-refractivity contribution in [3.63, 3.8) is 0 Å². The number of sulfonamides is 1. The fourth-order valence-corrected chi connectivity index (χ4v) is 2.76. The number of carbonyl (C=O) groups excluding carboxylic acids is 1. The van der Waals surface area contributed by atoms with Gasteiger partial charge in [-0.25, -0.2) is 13.1 Å². The summed E-state index contributed by atoms with van der Waals surface area (Å²) in [6.45, 7) is -0.652. The maximum absolute atomic E-state index is 12.1. The van der Waals surface area contributed by atoms with Crippen molar-refractivity contribution in [3.8, 4) is 0 Å². The molecule has 0 unspecified atom stereocenters. The molecule has 11 heteroatoms. The van der Waals surface area contributed by atoms with E-state index < -0.39 is 28.7 Å². The maximum Gasteiger partial charge on any atom is 0.405 e. The Hall–Kier alpha value is -1.36. The van der Waals surface area contributed by atoms with E-state index in [1.807, 2.05) is 0 Å². The van der Waals surface area contributed by atoms with Crippen LogP contribution in [0.5, 0.6) is 0 Å². The van der Waals surface area contributed by atoms with E-state index in [1.54, 1.807) is 12.4 Å². The van der Waals surface area contributed by atoms with E-state index in [0.717, 1.165) is 6.07 Å². The highest BCUT2D eigenvalue weighted by Gasteiger charge is 2.28. The van der Waals surface area contributed by atoms with Crippen molar-refractivity contribution in [2.24, 2.45) is 0 Å². The lowest BCUT2D eigenvalue weighted by Gasteiger charge is -2.10. The maximum atomic E-state index is 12.1. The molecule has 0 saturated heterocycles. The number of hydrogen-bond acceptors (Lipinski definition) is 4. The molecule has 6 nitrogen and oxygen atoms in total. The van der Waals surface area contributed by atoms with E-state index >= 15 is 0 Å². The molecule has 1 aromatic rings. The Bertz CT molecular complexity index is 639. The van der Waals surface area contributed by atoms with Crippen LogP contribution in [0.1, 0.15) is 16.8 Å². The average molecular weight is 390 g/mol. The molecule has 1 rings (SSSR count). The molecule has 0 spiro atoms. The number of halogens is 4. The molecule has 0 aromatic heterocycles. The molecule has 138 valence electrons. The van der Waals surface area contributed by atoms with Gasteiger partial charge in [-0.3, -0.25) is 4.79 Å². The van der Waals surface area contributed by atoms with Crippen molar-refractivity contribution in [1.82, 2.24) is 15.4 Å². The second kappa shape index (κ2) is 9.82. The third-order valence-corrected chi connectivity index (χ3v) is 4.21. The van der Waals surface area contributed by atoms with Gasteiger partial charge in [-0.15, -0.1) is 12.4 Å². The van der Waals surface area contributed by atoms with E-state index in [9.17, 15) is 26.4 Å². The van der Waals surface area contributed by atoms with Gasteiger partial charge in [0, 0.05) is 12.1 Å². The highest BCUT2D eigenvalue weighted by atomic mass is 35.5. The van der Waals surface area contributed by atoms with Crippen LogP contribution in [0, 0.1) is 0 Å². The van der Waals surface area contributed by atoms with Crippen molar-refractivity contribution >= 4 is 28.3 Å². The summed E-state index contributed by atoms with van der Waals surface area (Å²) in [7, 11) is -2.09. The highest BCUT2D eigenvalue weighted by molar-refractivity contribution is 7.89. The van der Waals surface area contributed by atoms with Crippen LogP contribution in [0.15, 0.2) is 29.2 Å². The minimum atomic E-state index is -4.53. The Kier molecular flexibility index (Phi) is 9.26. The van der Waals surface area contributed by atoms with E-state index in [2.05, 4.69) is 10.0 Å². The van der Waals surface area contributed by atoms with Crippen LogP contribution < -0.4 is 15.4 Å². The van der Waals surface area contributed by atoms with Gasteiger partial charge in [-0.05, 0) is 38.2 Å². The van der Waals surface area contributed by atoms with Crippen LogP contribution in [0.2, 0.25) is 0 Å². The van der Waals surface area contributed by atoms with Gasteiger partial charge in [0.1, 0.15) is 6.54 Å². The van der Waals surface area contributed by atoms with Crippen molar-refractivity contribution in [2.75, 3.05) is 26.7 Å². The van der Waals surface area contributed by atoms with Crippen LogP contribution in [0.3, 0.4) is 0 Å². The predicted molar refractivity (Wildman–Crippen MR) is 85.8 cm³/mol. The van der Waals surface area contributed by atoms with Crippen LogP contribution in [0.25, 0.3) is 0 Å². The number of carbonyl (C=O) groups is 1. The van der Waals surface area contributed by atoms with Crippen LogP contribution in [0.4, 0.5) is 13.2 Å². The first-order chi connectivity index (χ1) is 10.7. The quantitative estimate of drug-likeness (QED) is 0.585. The summed E-state index contributed by atoms with van der Waals surface area (Å²) in [5.41, 5.74) is -0.160. The predicted octanol–water partition coefficient (Wildman–Crippen LogP) is 1.29. The van der Waals surface area contributed by atoms with Crippen molar-refractivity contribution in [1.29, 1.82) is 0 Å². The van der Waals surface area contributed by atoms with E-state index in [0.29, 0.717) is 13.0 Å². The van der Waals surface area contributed by atoms with E-state index in [1.165, 1.54) is 18.2 Å². The third-order valence-electron chi connectivity index (χ3n) is 2.75. The number of rotatable bonds is 8. The molecule has 3 N–H and O–H groups in total. The summed E-state index contributed by atoms with van der Waals surface area (Å²) in [5, 5.41) is 4.55. The molecule has 0 heterocycles. The van der Waals surface area contributed by atoms with Gasteiger partial charge >= 0.3 is 6.18 Å². The average Bonchev–Trinajstić information content (AvgIpc) is 2.48. The molecule has 0 bridgehead atoms. The van der Waals surface area contributed by atoms with E-state index in [-0.39, 0.29) is 29.4 Å². The molecule has 24 heavy (non-hydrogen) atoms. The van der Waals surface area contributed by atoms with Gasteiger partial charge in [-0.2, -0.15) is 13.2 Å². The third kappa shape index (κ3) is 7.95. The molecule has 0 radical (unpaired) electrons. The first kappa shape index (κ1) is 22.6. The molecular formula is C13H19ClF3N3O3S. The molecule has 0 fully saturated rings. The number of hydrogen-bond donors (Lipinski definition) is 3. The Morgan fingerprint density at radius 3 is 2.46 bits per heavy atom. The van der Waals surface area contributed by atoms with Crippen LogP contribution in [-0.2, 0) is 10.0 Å². The molecular weight excluding hydrogens is 371 g/mol. The lowest BCUT2D eigenvalue weighted by molar-refractivity contribution is -0.123. The summed E-state index contributed by atoms with van der Waals surface area (Å²) in [6.07, 6.45) is -3.96. The second-order valence-corrected chi connectivity index (χ2v) is 6.45. The van der Waals surface area contributed by atoms with Crippen LogP contribution >= 0.6 is 12.4 Å². The zero-order valence-electron chi connectivity index (χ0n) is 12.8. The minimum Gasteiger partial charge on any atom is -0.343 e. The fraction of sp³-hybridized carbons (Fsp3) is 0.462. The lowest BCUT2D eigenvalue weighted by Crippen LogP contribution is -2.34. The van der Waals surface area contributed by atoms with Gasteiger partial charge in [0.25, 0.3) is 5.91 Å². The smallest absolute Gasteiger partial charge is 0.343 e. The Balaban J connectivity index is 0.00000529. The normalized spacial score (nSPS) is 11.7. The highest BCUT2D eigenvalue weighted by Crippen LogP contribution is 2.14. The number of nitrogens with one attached hydrogen (secondary N) is 3. The van der Waals surface area contributed by atoms with Gasteiger partial charge in [0.2, 0.25) is 10.0 Å². The number of amides is 1. The second-order valence-electron chi connectivity index (χ2n) is 4.68. The van der Waals surface area contributed by atoms with Crippen molar-refractivity contribution < 1.29 is 26.4 Å². The van der Waals surface area contributed by atoms with Crippen LogP contribution in [-0.4, -0.2) is 47.2 Å². The molecule has 1 amide bonds. The summed E-state index contributed by atoms with van der Waals surface area (Å²) in [4.78, 5) is 11.5. The molecule has 0 aliphatic rings. The largest absolute Gasteiger partial charge is 0.405 e. The monoisotopic (exact) mass is 389 g/mol. The first-order valence-corrected chi connectivity index (χ1v) is 8.23. The van der Waals surface area contributed by atoms with E-state index in [4.69, 9.17) is 0 Å². The fourth-order valence-electron chi connectivity index (χ4n) is 1.64. The Morgan fingerprint density at radius 1 is 1.21 bits per heavy atom. The zero-order chi connectivity index (χ0) is 17.5. The summed E-state index contributed by atoms with van der Waals surface area (Å²) < 4.78 is 62.7. The number of alkyl halides is 3. The molecule has 0 atom stereocenters. The zero-order valence-corrected chi connectivity index (χ0v) is 14.4. The van der Waals surface area contributed by atoms with Crippen molar-refractivity contribution in [3.05, 3.63) is 29.8 Å². The molecule has 1 aromatic carbocycles. The molecule has 0 aliphatic heterocycles. The lowest BCUT2D eigenvalue weighted by atomic mass is 10.2. The van der Waals surface area contributed by atoms with Gasteiger partial charge < -0.3 is 10.6 Å². The minimum absolute atomic E-state index is 0. The summed E-state index contributed by atoms with van der Waals surface area (Å²) >= 11 is 0. The Labute approximate surface area is 144 Å². The number of benzene rings is 1. The summed E-state index contributed by atoms with van der Waals surface area (Å²) in [5.74, 6) is -0.991. The SMILES string of the molecule is CNCCCNS(=O)(=O)c1cccc(C(=O)NCC(F)(F)F)c1.Cl. The standard InChI is InChI=1S/C13H18F3N3O3S.ClH/c1-17-6-3-7-19-23(21,22)11-5-2-4-10(8-11)12(20)18-9-13(14,15)16;/h2,4-5,8,17,19H,3,6-7,9H2,1H3,(H,18,20);1H. The van der Waals surface area contributed by atoms with Gasteiger partial charge in [0.05, 0.1) is 4.90 Å².